The van der Waals surface area contributed by atoms with Gasteiger partial charge < -0.3 is 14.4 Å². The molecule has 0 amide bonds. The summed E-state index contributed by atoms with van der Waals surface area (Å²) in [6, 6.07) is 0. The van der Waals surface area contributed by atoms with Crippen LogP contribution in [-0.2, 0) is 18.6 Å². The van der Waals surface area contributed by atoms with Crippen LogP contribution in [-0.4, -0.2) is 24.1 Å². The van der Waals surface area contributed by atoms with E-state index >= 15 is 0 Å². The number of ether oxygens (including phenoxy) is 2. The molecule has 0 aromatic rings. The van der Waals surface area contributed by atoms with Crippen molar-refractivity contribution >= 4 is 18.2 Å². The third-order valence-corrected chi connectivity index (χ3v) is 2.77. The van der Waals surface area contributed by atoms with Gasteiger partial charge in [0.1, 0.15) is 0 Å². The lowest BCUT2D eigenvalue weighted by molar-refractivity contribution is -0.333. The van der Waals surface area contributed by atoms with Crippen LogP contribution in [0.15, 0.2) is 0 Å². The molecule has 7 heteroatoms. The van der Waals surface area contributed by atoms with E-state index in [0.29, 0.717) is 13.2 Å². The molecule has 0 bridgehead atoms. The Morgan fingerprint density at radius 1 is 1.18 bits per heavy atom. The first kappa shape index (κ1) is 17.4. The van der Waals surface area contributed by atoms with Gasteiger partial charge in [-0.25, -0.2) is 9.09 Å². The minimum Gasteiger partial charge on any atom is -0.327 e. The SMILES string of the molecule is CCCCOC(C)(OCCCC)OP(=O)(O)Cl. The Kier molecular flexibility index (Phi) is 8.64. The van der Waals surface area contributed by atoms with Gasteiger partial charge in [-0.3, -0.25) is 0 Å². The third kappa shape index (κ3) is 10.0. The number of rotatable bonds is 10. The Morgan fingerprint density at radius 3 is 1.88 bits per heavy atom. The standard InChI is InChI=1S/C10H22ClO5P/c1-4-6-8-14-10(3,15-9-7-5-2)16-17(11,12)13/h4-9H2,1-3H3,(H,12,13). The molecule has 0 aliphatic carbocycles. The molecule has 0 aromatic carbocycles. The summed E-state index contributed by atoms with van der Waals surface area (Å²) in [7, 11) is 0. The molecule has 0 radical (unpaired) electrons. The highest BCUT2D eigenvalue weighted by Crippen LogP contribution is 2.51. The van der Waals surface area contributed by atoms with Crippen molar-refractivity contribution in [3.63, 3.8) is 0 Å². The summed E-state index contributed by atoms with van der Waals surface area (Å²) in [6.07, 6.45) is 3.52. The zero-order valence-corrected chi connectivity index (χ0v) is 12.3. The molecule has 1 N–H and O–H groups in total. The Bertz CT molecular complexity index is 233. The van der Waals surface area contributed by atoms with Crippen LogP contribution < -0.4 is 0 Å². The van der Waals surface area contributed by atoms with Gasteiger partial charge in [0.05, 0.1) is 13.2 Å². The van der Waals surface area contributed by atoms with E-state index in [4.69, 9.17) is 30.1 Å². The minimum atomic E-state index is -4.16. The lowest BCUT2D eigenvalue weighted by atomic mass is 10.3. The molecule has 0 saturated heterocycles. The van der Waals surface area contributed by atoms with Gasteiger partial charge >= 0.3 is 6.95 Å². The number of halogens is 1. The first-order valence-electron chi connectivity index (χ1n) is 5.84. The Hall–Kier alpha value is 0.360. The van der Waals surface area contributed by atoms with Crippen LogP contribution in [0.4, 0.5) is 0 Å². The summed E-state index contributed by atoms with van der Waals surface area (Å²) in [4.78, 5) is 9.01. The molecule has 0 spiro atoms. The quantitative estimate of drug-likeness (QED) is 0.378. The summed E-state index contributed by atoms with van der Waals surface area (Å²) in [6.45, 7) is 2.08. The smallest absolute Gasteiger partial charge is 0.327 e. The highest BCUT2D eigenvalue weighted by atomic mass is 35.7. The van der Waals surface area contributed by atoms with Crippen molar-refractivity contribution in [1.82, 2.24) is 0 Å². The Balaban J connectivity index is 4.29. The molecule has 5 nitrogen and oxygen atoms in total. The second kappa shape index (κ2) is 8.46. The molecule has 0 aliphatic rings. The molecular weight excluding hydrogens is 267 g/mol. The lowest BCUT2D eigenvalue weighted by Gasteiger charge is -2.29. The van der Waals surface area contributed by atoms with Crippen molar-refractivity contribution in [3.05, 3.63) is 0 Å². The van der Waals surface area contributed by atoms with Crippen LogP contribution in [0.3, 0.4) is 0 Å². The Morgan fingerprint density at radius 2 is 1.59 bits per heavy atom. The van der Waals surface area contributed by atoms with Crippen LogP contribution in [0.2, 0.25) is 0 Å². The van der Waals surface area contributed by atoms with Crippen molar-refractivity contribution < 1.29 is 23.5 Å². The fourth-order valence-corrected chi connectivity index (χ4v) is 1.99. The molecule has 0 saturated carbocycles. The predicted octanol–water partition coefficient (Wildman–Crippen LogP) is 3.65. The molecule has 0 aromatic heterocycles. The van der Waals surface area contributed by atoms with Crippen molar-refractivity contribution in [2.45, 2.75) is 52.4 Å². The molecule has 0 rings (SSSR count). The molecular formula is C10H22ClO5P. The van der Waals surface area contributed by atoms with Crippen LogP contribution in [0.25, 0.3) is 0 Å². The molecule has 104 valence electrons. The first-order chi connectivity index (χ1) is 7.83. The van der Waals surface area contributed by atoms with Gasteiger partial charge in [-0.2, -0.15) is 0 Å². The zero-order chi connectivity index (χ0) is 13.4. The summed E-state index contributed by atoms with van der Waals surface area (Å²) in [5.41, 5.74) is 0. The van der Waals surface area contributed by atoms with E-state index in [0.717, 1.165) is 25.7 Å². The third-order valence-electron chi connectivity index (χ3n) is 2.00. The summed E-state index contributed by atoms with van der Waals surface area (Å²) in [5.74, 6) is -1.56. The van der Waals surface area contributed by atoms with Gasteiger partial charge in [0.25, 0.3) is 5.97 Å². The molecule has 17 heavy (non-hydrogen) atoms. The second-order valence-corrected chi connectivity index (χ2v) is 6.18. The summed E-state index contributed by atoms with van der Waals surface area (Å²) >= 11 is 5.17. The number of hydrogen-bond acceptors (Lipinski definition) is 4. The van der Waals surface area contributed by atoms with Crippen molar-refractivity contribution in [2.75, 3.05) is 13.2 Å². The summed E-state index contributed by atoms with van der Waals surface area (Å²) in [5, 5.41) is 0. The van der Waals surface area contributed by atoms with Crippen molar-refractivity contribution in [1.29, 1.82) is 0 Å². The van der Waals surface area contributed by atoms with Gasteiger partial charge in [0, 0.05) is 18.2 Å². The zero-order valence-electron chi connectivity index (χ0n) is 10.6. The summed E-state index contributed by atoms with van der Waals surface area (Å²) < 4.78 is 26.4. The normalized spacial score (nSPS) is 15.8. The van der Waals surface area contributed by atoms with Crippen LogP contribution in [0.5, 0.6) is 0 Å². The van der Waals surface area contributed by atoms with Crippen molar-refractivity contribution in [2.24, 2.45) is 0 Å². The largest absolute Gasteiger partial charge is 0.425 e. The van der Waals surface area contributed by atoms with Crippen LogP contribution in [0.1, 0.15) is 46.5 Å². The first-order valence-corrected chi connectivity index (χ1v) is 8.32. The van der Waals surface area contributed by atoms with Crippen LogP contribution in [0, 0.1) is 0 Å². The van der Waals surface area contributed by atoms with Gasteiger partial charge in [0.2, 0.25) is 0 Å². The van der Waals surface area contributed by atoms with Gasteiger partial charge in [0.15, 0.2) is 0 Å². The molecule has 1 atom stereocenters. The molecule has 0 aliphatic heterocycles. The highest BCUT2D eigenvalue weighted by molar-refractivity contribution is 7.80. The average Bonchev–Trinajstić information content (AvgIpc) is 2.15. The number of hydrogen-bond donors (Lipinski definition) is 1. The van der Waals surface area contributed by atoms with Gasteiger partial charge in [-0.15, -0.1) is 0 Å². The minimum absolute atomic E-state index is 0.385. The van der Waals surface area contributed by atoms with Crippen molar-refractivity contribution in [3.8, 4) is 0 Å². The maximum absolute atomic E-state index is 11.0. The maximum Gasteiger partial charge on any atom is 0.425 e. The second-order valence-electron chi connectivity index (χ2n) is 3.81. The van der Waals surface area contributed by atoms with E-state index in [9.17, 15) is 4.57 Å². The molecule has 0 fully saturated rings. The average molecular weight is 289 g/mol. The van der Waals surface area contributed by atoms with Gasteiger partial charge in [-0.1, -0.05) is 26.7 Å². The highest BCUT2D eigenvalue weighted by Gasteiger charge is 2.35. The fourth-order valence-electron chi connectivity index (χ4n) is 1.10. The van der Waals surface area contributed by atoms with E-state index in [1.807, 2.05) is 13.8 Å². The molecule has 1 unspecified atom stereocenters. The van der Waals surface area contributed by atoms with E-state index in [1.54, 1.807) is 0 Å². The van der Waals surface area contributed by atoms with E-state index in [-0.39, 0.29) is 0 Å². The predicted molar refractivity (Wildman–Crippen MR) is 66.9 cm³/mol. The van der Waals surface area contributed by atoms with Gasteiger partial charge in [-0.05, 0) is 12.8 Å². The monoisotopic (exact) mass is 288 g/mol. The van der Waals surface area contributed by atoms with E-state index in [1.165, 1.54) is 6.92 Å². The Labute approximate surface area is 108 Å². The molecule has 0 heterocycles. The lowest BCUT2D eigenvalue weighted by Crippen LogP contribution is -2.35. The topological polar surface area (TPSA) is 65.0 Å². The van der Waals surface area contributed by atoms with E-state index < -0.39 is 12.9 Å². The number of unbranched alkanes of at least 4 members (excludes halogenated alkanes) is 2. The maximum atomic E-state index is 11.0. The van der Waals surface area contributed by atoms with Crippen LogP contribution >= 0.6 is 18.2 Å². The van der Waals surface area contributed by atoms with E-state index in [2.05, 4.69) is 0 Å². The fraction of sp³-hybridized carbons (Fsp3) is 1.00.